The van der Waals surface area contributed by atoms with Crippen LogP contribution in [0.15, 0.2) is 48.6 Å². The number of carboxylic acid groups (broad SMARTS) is 1. The van der Waals surface area contributed by atoms with Crippen LogP contribution in [0.3, 0.4) is 0 Å². The van der Waals surface area contributed by atoms with Gasteiger partial charge in [0.15, 0.2) is 0 Å². The molecule has 6 nitrogen and oxygen atoms in total. The van der Waals surface area contributed by atoms with Crippen molar-refractivity contribution in [2.45, 2.75) is 82.4 Å². The largest absolute Gasteiger partial charge is 0.481 e. The Hall–Kier alpha value is -1.73. The van der Waals surface area contributed by atoms with Crippen LogP contribution < -0.4 is 0 Å². The molecule has 1 aliphatic heterocycles. The fourth-order valence-electron chi connectivity index (χ4n) is 2.90. The van der Waals surface area contributed by atoms with E-state index < -0.39 is 36.5 Å². The molecule has 0 aliphatic carbocycles. The topological polar surface area (TPSA) is 107 Å². The van der Waals surface area contributed by atoms with Crippen LogP contribution in [0.1, 0.15) is 51.9 Å². The quantitative estimate of drug-likeness (QED) is 0.358. The molecule has 6 heteroatoms. The summed E-state index contributed by atoms with van der Waals surface area (Å²) in [7, 11) is 0. The van der Waals surface area contributed by atoms with Crippen molar-refractivity contribution in [2.24, 2.45) is 0 Å². The normalized spacial score (nSPS) is 25.5. The number of ether oxygens (including phenoxy) is 1. The van der Waals surface area contributed by atoms with Crippen molar-refractivity contribution in [3.63, 3.8) is 0 Å². The first-order valence-corrected chi connectivity index (χ1v) is 9.98. The maximum atomic E-state index is 10.6. The van der Waals surface area contributed by atoms with E-state index in [4.69, 9.17) is 9.84 Å². The van der Waals surface area contributed by atoms with Crippen molar-refractivity contribution in [1.29, 1.82) is 0 Å². The number of allylic oxidation sites excluding steroid dienone is 5. The van der Waals surface area contributed by atoms with E-state index in [9.17, 15) is 20.1 Å². The van der Waals surface area contributed by atoms with Crippen LogP contribution in [0.2, 0.25) is 0 Å². The lowest BCUT2D eigenvalue weighted by Gasteiger charge is -2.16. The molecule has 0 aromatic carbocycles. The van der Waals surface area contributed by atoms with Gasteiger partial charge >= 0.3 is 5.97 Å². The van der Waals surface area contributed by atoms with Gasteiger partial charge in [-0.05, 0) is 32.1 Å². The van der Waals surface area contributed by atoms with E-state index in [1.54, 1.807) is 0 Å². The van der Waals surface area contributed by atoms with Crippen LogP contribution in [0.5, 0.6) is 0 Å². The van der Waals surface area contributed by atoms with E-state index in [1.165, 1.54) is 12.2 Å². The van der Waals surface area contributed by atoms with E-state index in [2.05, 4.69) is 31.2 Å². The van der Waals surface area contributed by atoms with E-state index >= 15 is 0 Å². The molecule has 0 saturated carbocycles. The van der Waals surface area contributed by atoms with Gasteiger partial charge in [0.1, 0.15) is 0 Å². The van der Waals surface area contributed by atoms with E-state index in [0.29, 0.717) is 6.42 Å². The molecule has 1 saturated heterocycles. The molecule has 0 aromatic heterocycles. The van der Waals surface area contributed by atoms with Crippen molar-refractivity contribution < 1.29 is 30.0 Å². The highest BCUT2D eigenvalue weighted by molar-refractivity contribution is 5.66. The molecule has 4 N–H and O–H groups in total. The van der Waals surface area contributed by atoms with Crippen molar-refractivity contribution in [3.05, 3.63) is 48.6 Å². The minimum absolute atomic E-state index is 0.0872. The zero-order chi connectivity index (χ0) is 20.8. The fourth-order valence-corrected chi connectivity index (χ4v) is 2.90. The third-order valence-corrected chi connectivity index (χ3v) is 4.46. The first-order chi connectivity index (χ1) is 13.4. The van der Waals surface area contributed by atoms with E-state index in [-0.39, 0.29) is 19.3 Å². The molecule has 1 fully saturated rings. The second kappa shape index (κ2) is 14.3. The zero-order valence-electron chi connectivity index (χ0n) is 16.6. The maximum absolute atomic E-state index is 10.6. The Morgan fingerprint density at radius 2 is 1.71 bits per heavy atom. The first kappa shape index (κ1) is 24.3. The van der Waals surface area contributed by atoms with Crippen LogP contribution in [0, 0.1) is 0 Å². The van der Waals surface area contributed by atoms with Gasteiger partial charge in [0.05, 0.1) is 30.5 Å². The number of aliphatic hydroxyl groups excluding tert-OH is 3. The van der Waals surface area contributed by atoms with Crippen molar-refractivity contribution >= 4 is 5.97 Å². The molecule has 0 amide bonds. The lowest BCUT2D eigenvalue weighted by Crippen LogP contribution is -2.25. The van der Waals surface area contributed by atoms with Crippen molar-refractivity contribution in [3.8, 4) is 0 Å². The lowest BCUT2D eigenvalue weighted by molar-refractivity contribution is -0.138. The van der Waals surface area contributed by atoms with E-state index in [0.717, 1.165) is 19.3 Å². The van der Waals surface area contributed by atoms with Gasteiger partial charge in [0.25, 0.3) is 0 Å². The molecule has 1 heterocycles. The summed E-state index contributed by atoms with van der Waals surface area (Å²) >= 11 is 0. The molecule has 0 spiro atoms. The Bertz CT molecular complexity index is 551. The Labute approximate surface area is 167 Å². The standard InChI is InChI=1S/C22H34O6/c1-2-3-4-5-6-7-8-9-10-11-17(23)12-13-18(24)21-16-19(25)20(28-21)14-15-22(26)27/h3-4,6-7,9-10,12-13,17-21,23-25H,2,5,8,11,14-16H2,1H3,(H,26,27)/b4-3-,7-6-,10-9-,13-12+/t17-,18+,19+,20-,21-/m1/s1. The molecule has 0 radical (unpaired) electrons. The number of carboxylic acids is 1. The third kappa shape index (κ3) is 10.6. The van der Waals surface area contributed by atoms with Crippen molar-refractivity contribution in [2.75, 3.05) is 0 Å². The van der Waals surface area contributed by atoms with Crippen LogP contribution >= 0.6 is 0 Å². The second-order valence-corrected chi connectivity index (χ2v) is 6.92. The van der Waals surface area contributed by atoms with Crippen LogP contribution in [0.25, 0.3) is 0 Å². The number of hydrogen-bond acceptors (Lipinski definition) is 5. The van der Waals surface area contributed by atoms with Gasteiger partial charge < -0.3 is 25.2 Å². The number of rotatable bonds is 13. The molecule has 5 atom stereocenters. The monoisotopic (exact) mass is 394 g/mol. The molecular formula is C22H34O6. The predicted molar refractivity (Wildman–Crippen MR) is 109 cm³/mol. The highest BCUT2D eigenvalue weighted by Gasteiger charge is 2.36. The minimum atomic E-state index is -0.956. The Kier molecular flexibility index (Phi) is 12.4. The fraction of sp³-hybridized carbons (Fsp3) is 0.591. The summed E-state index contributed by atoms with van der Waals surface area (Å²) in [6.07, 6.45) is 15.3. The Morgan fingerprint density at radius 1 is 1.07 bits per heavy atom. The Morgan fingerprint density at radius 3 is 2.36 bits per heavy atom. The SMILES string of the molecule is CC/C=C\C/C=C\C/C=C\C[C@@H](O)/C=C/[C@H](O)[C@H]1C[C@H](O)[C@@H](CCC(=O)O)O1. The lowest BCUT2D eigenvalue weighted by atomic mass is 10.0. The van der Waals surface area contributed by atoms with Crippen LogP contribution in [-0.4, -0.2) is 56.9 Å². The molecule has 1 rings (SSSR count). The molecule has 158 valence electrons. The average molecular weight is 395 g/mol. The summed E-state index contributed by atoms with van der Waals surface area (Å²) in [6.45, 7) is 2.10. The predicted octanol–water partition coefficient (Wildman–Crippen LogP) is 2.90. The molecule has 0 unspecified atom stereocenters. The van der Waals surface area contributed by atoms with Gasteiger partial charge in [0, 0.05) is 12.8 Å². The minimum Gasteiger partial charge on any atom is -0.481 e. The van der Waals surface area contributed by atoms with Gasteiger partial charge in [-0.15, -0.1) is 0 Å². The third-order valence-electron chi connectivity index (χ3n) is 4.46. The number of hydrogen-bond donors (Lipinski definition) is 4. The second-order valence-electron chi connectivity index (χ2n) is 6.92. The molecule has 1 aliphatic rings. The highest BCUT2D eigenvalue weighted by atomic mass is 16.5. The van der Waals surface area contributed by atoms with Gasteiger partial charge in [-0.1, -0.05) is 55.5 Å². The van der Waals surface area contributed by atoms with Gasteiger partial charge in [-0.2, -0.15) is 0 Å². The number of carbonyl (C=O) groups is 1. The van der Waals surface area contributed by atoms with Gasteiger partial charge in [-0.3, -0.25) is 4.79 Å². The smallest absolute Gasteiger partial charge is 0.303 e. The summed E-state index contributed by atoms with van der Waals surface area (Å²) < 4.78 is 5.56. The maximum Gasteiger partial charge on any atom is 0.303 e. The summed E-state index contributed by atoms with van der Waals surface area (Å²) in [5.41, 5.74) is 0. The van der Waals surface area contributed by atoms with Crippen molar-refractivity contribution in [1.82, 2.24) is 0 Å². The molecular weight excluding hydrogens is 360 g/mol. The number of aliphatic hydroxyl groups is 3. The highest BCUT2D eigenvalue weighted by Crippen LogP contribution is 2.26. The zero-order valence-corrected chi connectivity index (χ0v) is 16.6. The Balaban J connectivity index is 2.28. The summed E-state index contributed by atoms with van der Waals surface area (Å²) in [4.78, 5) is 10.6. The van der Waals surface area contributed by atoms with Crippen LogP contribution in [0.4, 0.5) is 0 Å². The van der Waals surface area contributed by atoms with E-state index in [1.807, 2.05) is 12.2 Å². The first-order valence-electron chi connectivity index (χ1n) is 9.98. The number of aliphatic carboxylic acids is 1. The van der Waals surface area contributed by atoms with Crippen LogP contribution in [-0.2, 0) is 9.53 Å². The van der Waals surface area contributed by atoms with Gasteiger partial charge in [0.2, 0.25) is 0 Å². The summed E-state index contributed by atoms with van der Waals surface area (Å²) in [5, 5.41) is 38.7. The molecule has 0 aromatic rings. The summed E-state index contributed by atoms with van der Waals surface area (Å²) in [5.74, 6) is -0.945. The van der Waals surface area contributed by atoms with Gasteiger partial charge in [-0.25, -0.2) is 0 Å². The average Bonchev–Trinajstić information content (AvgIpc) is 3.04. The molecule has 0 bridgehead atoms. The molecule has 28 heavy (non-hydrogen) atoms. The summed E-state index contributed by atoms with van der Waals surface area (Å²) in [6, 6.07) is 0.